The van der Waals surface area contributed by atoms with Gasteiger partial charge in [-0.3, -0.25) is 4.40 Å². The van der Waals surface area contributed by atoms with Gasteiger partial charge in [-0.25, -0.2) is 9.89 Å². The van der Waals surface area contributed by atoms with Crippen molar-refractivity contribution in [2.24, 2.45) is 0 Å². The number of hydrogen-bond acceptors (Lipinski definition) is 2. The summed E-state index contributed by atoms with van der Waals surface area (Å²) in [5.74, 6) is 0. The Hall–Kier alpha value is -1.58. The number of H-pyrrole nitrogens is 1. The Balaban J connectivity index is 3.09. The molecule has 0 saturated carbocycles. The Morgan fingerprint density at radius 2 is 2.25 bits per heavy atom. The van der Waals surface area contributed by atoms with Crippen LogP contribution in [-0.2, 0) is 0 Å². The molecule has 0 aromatic carbocycles. The molecule has 2 heterocycles. The highest BCUT2D eigenvalue weighted by Crippen LogP contribution is 2.10. The fourth-order valence-electron chi connectivity index (χ4n) is 1.45. The Kier molecular flexibility index (Phi) is 1.30. The summed E-state index contributed by atoms with van der Waals surface area (Å²) in [5, 5.41) is 6.11. The van der Waals surface area contributed by atoms with Crippen LogP contribution in [0.1, 0.15) is 11.3 Å². The van der Waals surface area contributed by atoms with E-state index in [4.69, 9.17) is 0 Å². The SMILES string of the molecule is Cc1cc(C)n2c(=O)[nH]ncc12. The third-order valence-electron chi connectivity index (χ3n) is 1.97. The minimum Gasteiger partial charge on any atom is -0.264 e. The first-order valence-electron chi connectivity index (χ1n) is 3.72. The molecule has 2 aromatic heterocycles. The molecule has 2 aromatic rings. The van der Waals surface area contributed by atoms with Gasteiger partial charge in [-0.2, -0.15) is 5.10 Å². The molecule has 0 unspecified atom stereocenters. The maximum absolute atomic E-state index is 11.3. The minimum absolute atomic E-state index is 0.182. The molecule has 0 aliphatic carbocycles. The number of nitrogens with zero attached hydrogens (tertiary/aromatic N) is 2. The van der Waals surface area contributed by atoms with Crippen LogP contribution in [0, 0.1) is 13.8 Å². The summed E-state index contributed by atoms with van der Waals surface area (Å²) in [7, 11) is 0. The van der Waals surface area contributed by atoms with Crippen molar-refractivity contribution >= 4 is 5.52 Å². The van der Waals surface area contributed by atoms with Gasteiger partial charge in [0, 0.05) is 5.69 Å². The highest BCUT2D eigenvalue weighted by molar-refractivity contribution is 5.54. The van der Waals surface area contributed by atoms with Gasteiger partial charge in [-0.05, 0) is 25.5 Å². The van der Waals surface area contributed by atoms with Crippen molar-refractivity contribution in [1.82, 2.24) is 14.6 Å². The first-order chi connectivity index (χ1) is 5.70. The molecule has 1 N–H and O–H groups in total. The van der Waals surface area contributed by atoms with E-state index in [1.165, 1.54) is 0 Å². The van der Waals surface area contributed by atoms with Crippen molar-refractivity contribution in [3.8, 4) is 0 Å². The van der Waals surface area contributed by atoms with Crippen LogP contribution in [-0.4, -0.2) is 14.6 Å². The Morgan fingerprint density at radius 3 is 2.92 bits per heavy atom. The summed E-state index contributed by atoms with van der Waals surface area (Å²) in [6.07, 6.45) is 1.66. The maximum Gasteiger partial charge on any atom is 0.346 e. The van der Waals surface area contributed by atoms with E-state index in [1.54, 1.807) is 10.6 Å². The zero-order chi connectivity index (χ0) is 8.72. The van der Waals surface area contributed by atoms with E-state index in [0.29, 0.717) is 0 Å². The first-order valence-corrected chi connectivity index (χ1v) is 3.72. The van der Waals surface area contributed by atoms with Gasteiger partial charge in [0.1, 0.15) is 0 Å². The number of hydrogen-bond donors (Lipinski definition) is 1. The van der Waals surface area contributed by atoms with Crippen LogP contribution in [0.4, 0.5) is 0 Å². The second kappa shape index (κ2) is 2.20. The van der Waals surface area contributed by atoms with Gasteiger partial charge in [-0.1, -0.05) is 0 Å². The molecule has 0 spiro atoms. The van der Waals surface area contributed by atoms with Crippen LogP contribution in [0.25, 0.3) is 5.52 Å². The van der Waals surface area contributed by atoms with Crippen LogP contribution in [0.5, 0.6) is 0 Å². The van der Waals surface area contributed by atoms with Gasteiger partial charge in [0.2, 0.25) is 0 Å². The molecule has 0 fully saturated rings. The van der Waals surface area contributed by atoms with Crippen molar-refractivity contribution in [2.75, 3.05) is 0 Å². The lowest BCUT2D eigenvalue weighted by Gasteiger charge is -1.93. The monoisotopic (exact) mass is 163 g/mol. The molecule has 0 saturated heterocycles. The van der Waals surface area contributed by atoms with Gasteiger partial charge in [-0.15, -0.1) is 0 Å². The summed E-state index contributed by atoms with van der Waals surface area (Å²) in [6.45, 7) is 3.86. The molecule has 12 heavy (non-hydrogen) atoms. The van der Waals surface area contributed by atoms with Gasteiger partial charge >= 0.3 is 5.69 Å². The van der Waals surface area contributed by atoms with Gasteiger partial charge in [0.25, 0.3) is 0 Å². The molecule has 0 bridgehead atoms. The quantitative estimate of drug-likeness (QED) is 0.619. The number of aryl methyl sites for hydroxylation is 2. The third-order valence-corrected chi connectivity index (χ3v) is 1.97. The molecule has 0 aliphatic heterocycles. The normalized spacial score (nSPS) is 10.8. The standard InChI is InChI=1S/C8H9N3O/c1-5-3-6(2)11-7(5)4-9-10-8(11)12/h3-4H,1-2H3,(H,10,12). The zero-order valence-corrected chi connectivity index (χ0v) is 6.96. The van der Waals surface area contributed by atoms with Crippen molar-refractivity contribution in [3.63, 3.8) is 0 Å². The van der Waals surface area contributed by atoms with Crippen molar-refractivity contribution in [1.29, 1.82) is 0 Å². The summed E-state index contributed by atoms with van der Waals surface area (Å²) in [4.78, 5) is 11.3. The number of fused-ring (bicyclic) bond motifs is 1. The number of aromatic nitrogens is 3. The Labute approximate surface area is 68.8 Å². The van der Waals surface area contributed by atoms with Crippen molar-refractivity contribution < 1.29 is 0 Å². The maximum atomic E-state index is 11.3. The first kappa shape index (κ1) is 7.09. The summed E-state index contributed by atoms with van der Waals surface area (Å²) in [5.41, 5.74) is 2.70. The van der Waals surface area contributed by atoms with E-state index in [0.717, 1.165) is 16.8 Å². The Bertz CT molecular complexity index is 480. The van der Waals surface area contributed by atoms with Crippen molar-refractivity contribution in [3.05, 3.63) is 34.0 Å². The molecular weight excluding hydrogens is 154 g/mol. The fraction of sp³-hybridized carbons (Fsp3) is 0.250. The van der Waals surface area contributed by atoms with E-state index in [2.05, 4.69) is 10.2 Å². The van der Waals surface area contributed by atoms with Gasteiger partial charge in [0.15, 0.2) is 0 Å². The summed E-state index contributed by atoms with van der Waals surface area (Å²) >= 11 is 0. The van der Waals surface area contributed by atoms with E-state index < -0.39 is 0 Å². The number of rotatable bonds is 0. The fourth-order valence-corrected chi connectivity index (χ4v) is 1.45. The average molecular weight is 163 g/mol. The largest absolute Gasteiger partial charge is 0.346 e. The topological polar surface area (TPSA) is 50.2 Å². The molecule has 4 heteroatoms. The lowest BCUT2D eigenvalue weighted by Crippen LogP contribution is -2.17. The van der Waals surface area contributed by atoms with E-state index >= 15 is 0 Å². The summed E-state index contributed by atoms with van der Waals surface area (Å²) in [6, 6.07) is 1.96. The van der Waals surface area contributed by atoms with Crippen molar-refractivity contribution in [2.45, 2.75) is 13.8 Å². The molecule has 0 amide bonds. The van der Waals surface area contributed by atoms with Gasteiger partial charge < -0.3 is 0 Å². The molecule has 0 radical (unpaired) electrons. The smallest absolute Gasteiger partial charge is 0.264 e. The van der Waals surface area contributed by atoms with E-state index in [9.17, 15) is 4.79 Å². The van der Waals surface area contributed by atoms with Gasteiger partial charge in [0.05, 0.1) is 11.7 Å². The molecule has 62 valence electrons. The molecule has 4 nitrogen and oxygen atoms in total. The molecule has 0 aliphatic rings. The van der Waals surface area contributed by atoms with Crippen LogP contribution < -0.4 is 5.69 Å². The zero-order valence-electron chi connectivity index (χ0n) is 6.96. The molecule has 2 rings (SSSR count). The lowest BCUT2D eigenvalue weighted by molar-refractivity contribution is 0.872. The van der Waals surface area contributed by atoms with Crippen LogP contribution >= 0.6 is 0 Å². The summed E-state index contributed by atoms with van der Waals surface area (Å²) < 4.78 is 1.61. The predicted octanol–water partition coefficient (Wildman–Crippen LogP) is 0.639. The van der Waals surface area contributed by atoms with E-state index in [-0.39, 0.29) is 5.69 Å². The second-order valence-electron chi connectivity index (χ2n) is 2.86. The highest BCUT2D eigenvalue weighted by Gasteiger charge is 2.03. The molecule has 0 atom stereocenters. The average Bonchev–Trinajstić information content (AvgIpc) is 2.29. The number of nitrogens with one attached hydrogen (secondary N) is 1. The third kappa shape index (κ3) is 0.777. The Morgan fingerprint density at radius 1 is 1.50 bits per heavy atom. The molecular formula is C8H9N3O. The highest BCUT2D eigenvalue weighted by atomic mass is 16.1. The van der Waals surface area contributed by atoms with E-state index in [1.807, 2.05) is 19.9 Å². The van der Waals surface area contributed by atoms with Crippen LogP contribution in [0.2, 0.25) is 0 Å². The predicted molar refractivity (Wildman–Crippen MR) is 45.3 cm³/mol. The van der Waals surface area contributed by atoms with Crippen LogP contribution in [0.3, 0.4) is 0 Å². The van der Waals surface area contributed by atoms with Crippen LogP contribution in [0.15, 0.2) is 17.1 Å². The number of aromatic amines is 1. The lowest BCUT2D eigenvalue weighted by atomic mass is 10.3. The second-order valence-corrected chi connectivity index (χ2v) is 2.86. The minimum atomic E-state index is -0.182.